The Bertz CT molecular complexity index is 251. The Labute approximate surface area is 84.7 Å². The standard InChI is InChI=1S/C10H19N3O/c1-9-8-13(12-10(9)11)6-4-2-3-5-7-14/h8,14H,2-7H2,1H3,(H2,11,12). The average molecular weight is 197 g/mol. The predicted octanol–water partition coefficient (Wildman–Crippen LogP) is 1.33. The summed E-state index contributed by atoms with van der Waals surface area (Å²) in [6.07, 6.45) is 6.20. The lowest BCUT2D eigenvalue weighted by atomic mass is 10.2. The van der Waals surface area contributed by atoms with Crippen molar-refractivity contribution in [2.45, 2.75) is 39.2 Å². The van der Waals surface area contributed by atoms with Crippen LogP contribution in [0.15, 0.2) is 6.20 Å². The number of aliphatic hydroxyl groups is 1. The first-order valence-electron chi connectivity index (χ1n) is 5.14. The maximum absolute atomic E-state index is 8.59. The maximum Gasteiger partial charge on any atom is 0.148 e. The van der Waals surface area contributed by atoms with Crippen molar-refractivity contribution < 1.29 is 5.11 Å². The summed E-state index contributed by atoms with van der Waals surface area (Å²) in [5.41, 5.74) is 6.67. The van der Waals surface area contributed by atoms with Crippen LogP contribution in [0.25, 0.3) is 0 Å². The number of aryl methyl sites for hydroxylation is 2. The Kier molecular flexibility index (Phi) is 4.46. The normalized spacial score (nSPS) is 10.7. The third kappa shape index (κ3) is 3.38. The lowest BCUT2D eigenvalue weighted by molar-refractivity contribution is 0.282. The summed E-state index contributed by atoms with van der Waals surface area (Å²) >= 11 is 0. The number of anilines is 1. The van der Waals surface area contributed by atoms with Gasteiger partial charge in [-0.05, 0) is 19.8 Å². The molecule has 0 aliphatic heterocycles. The van der Waals surface area contributed by atoms with E-state index in [4.69, 9.17) is 10.8 Å². The van der Waals surface area contributed by atoms with Crippen LogP contribution in [0.4, 0.5) is 5.82 Å². The van der Waals surface area contributed by atoms with E-state index in [-0.39, 0.29) is 0 Å². The minimum Gasteiger partial charge on any atom is -0.396 e. The van der Waals surface area contributed by atoms with Gasteiger partial charge in [-0.25, -0.2) is 0 Å². The van der Waals surface area contributed by atoms with Crippen molar-refractivity contribution >= 4 is 5.82 Å². The second-order valence-electron chi connectivity index (χ2n) is 3.60. The van der Waals surface area contributed by atoms with Crippen molar-refractivity contribution in [1.29, 1.82) is 0 Å². The Morgan fingerprint density at radius 1 is 1.36 bits per heavy atom. The third-order valence-corrected chi connectivity index (χ3v) is 2.28. The van der Waals surface area contributed by atoms with E-state index in [1.165, 1.54) is 0 Å². The minimum absolute atomic E-state index is 0.299. The van der Waals surface area contributed by atoms with E-state index in [1.807, 2.05) is 17.8 Å². The molecule has 1 aromatic heterocycles. The van der Waals surface area contributed by atoms with Gasteiger partial charge in [-0.15, -0.1) is 0 Å². The van der Waals surface area contributed by atoms with Crippen LogP contribution in [0.2, 0.25) is 0 Å². The molecule has 1 rings (SSSR count). The summed E-state index contributed by atoms with van der Waals surface area (Å²) < 4.78 is 1.89. The molecule has 0 atom stereocenters. The van der Waals surface area contributed by atoms with Crippen LogP contribution < -0.4 is 5.73 Å². The fourth-order valence-electron chi connectivity index (χ4n) is 1.39. The van der Waals surface area contributed by atoms with Crippen molar-refractivity contribution in [2.75, 3.05) is 12.3 Å². The third-order valence-electron chi connectivity index (χ3n) is 2.28. The quantitative estimate of drug-likeness (QED) is 0.676. The highest BCUT2D eigenvalue weighted by Gasteiger charge is 1.99. The van der Waals surface area contributed by atoms with Gasteiger partial charge in [-0.3, -0.25) is 4.68 Å². The second-order valence-corrected chi connectivity index (χ2v) is 3.60. The highest BCUT2D eigenvalue weighted by molar-refractivity contribution is 5.35. The fourth-order valence-corrected chi connectivity index (χ4v) is 1.39. The van der Waals surface area contributed by atoms with E-state index < -0.39 is 0 Å². The van der Waals surface area contributed by atoms with Gasteiger partial charge in [0.05, 0.1) is 0 Å². The first kappa shape index (κ1) is 11.0. The topological polar surface area (TPSA) is 64.1 Å². The molecule has 0 aliphatic carbocycles. The highest BCUT2D eigenvalue weighted by atomic mass is 16.2. The van der Waals surface area contributed by atoms with Crippen molar-refractivity contribution in [3.8, 4) is 0 Å². The number of nitrogens with two attached hydrogens (primary N) is 1. The van der Waals surface area contributed by atoms with Gasteiger partial charge in [-0.2, -0.15) is 5.10 Å². The summed E-state index contributed by atoms with van der Waals surface area (Å²) in [6.45, 7) is 3.18. The first-order valence-corrected chi connectivity index (χ1v) is 5.14. The molecule has 0 saturated heterocycles. The molecule has 0 amide bonds. The zero-order valence-electron chi connectivity index (χ0n) is 8.74. The predicted molar refractivity (Wildman–Crippen MR) is 56.9 cm³/mol. The molecule has 0 spiro atoms. The van der Waals surface area contributed by atoms with Crippen LogP contribution >= 0.6 is 0 Å². The summed E-state index contributed by atoms with van der Waals surface area (Å²) in [5.74, 6) is 0.625. The Balaban J connectivity index is 2.18. The molecule has 1 heterocycles. The van der Waals surface area contributed by atoms with E-state index in [2.05, 4.69) is 5.10 Å². The van der Waals surface area contributed by atoms with E-state index in [9.17, 15) is 0 Å². The number of rotatable bonds is 6. The average Bonchev–Trinajstić information content (AvgIpc) is 2.46. The highest BCUT2D eigenvalue weighted by Crippen LogP contribution is 2.08. The van der Waals surface area contributed by atoms with Gasteiger partial charge >= 0.3 is 0 Å². The van der Waals surface area contributed by atoms with Gasteiger partial charge in [0, 0.05) is 24.9 Å². The zero-order valence-corrected chi connectivity index (χ0v) is 8.74. The van der Waals surface area contributed by atoms with E-state index in [1.54, 1.807) is 0 Å². The monoisotopic (exact) mass is 197 g/mol. The van der Waals surface area contributed by atoms with Crippen LogP contribution in [0.1, 0.15) is 31.2 Å². The van der Waals surface area contributed by atoms with Crippen LogP contribution in [0, 0.1) is 6.92 Å². The molecule has 0 radical (unpaired) electrons. The Morgan fingerprint density at radius 3 is 2.64 bits per heavy atom. The lowest BCUT2D eigenvalue weighted by Crippen LogP contribution is -1.99. The van der Waals surface area contributed by atoms with Crippen molar-refractivity contribution in [2.24, 2.45) is 0 Å². The molecule has 0 bridgehead atoms. The van der Waals surface area contributed by atoms with Crippen molar-refractivity contribution in [3.63, 3.8) is 0 Å². The molecule has 0 aliphatic rings. The number of aromatic nitrogens is 2. The number of aliphatic hydroxyl groups excluding tert-OH is 1. The molecule has 1 aromatic rings. The largest absolute Gasteiger partial charge is 0.396 e. The van der Waals surface area contributed by atoms with Gasteiger partial charge in [0.15, 0.2) is 0 Å². The van der Waals surface area contributed by atoms with E-state index >= 15 is 0 Å². The first-order chi connectivity index (χ1) is 6.74. The summed E-state index contributed by atoms with van der Waals surface area (Å²) in [5, 5.41) is 12.8. The molecule has 3 N–H and O–H groups in total. The van der Waals surface area contributed by atoms with Gasteiger partial charge in [0.2, 0.25) is 0 Å². The lowest BCUT2D eigenvalue weighted by Gasteiger charge is -2.00. The Hall–Kier alpha value is -1.03. The zero-order chi connectivity index (χ0) is 10.4. The fraction of sp³-hybridized carbons (Fsp3) is 0.700. The van der Waals surface area contributed by atoms with Crippen LogP contribution in [-0.4, -0.2) is 21.5 Å². The molecule has 0 saturated carbocycles. The SMILES string of the molecule is Cc1cn(CCCCCCO)nc1N. The Morgan fingerprint density at radius 2 is 2.07 bits per heavy atom. The molecular weight excluding hydrogens is 178 g/mol. The minimum atomic E-state index is 0.299. The number of nitrogen functional groups attached to an aromatic ring is 1. The van der Waals surface area contributed by atoms with E-state index in [0.717, 1.165) is 37.8 Å². The number of hydrogen-bond donors (Lipinski definition) is 2. The van der Waals surface area contributed by atoms with Gasteiger partial charge in [0.1, 0.15) is 5.82 Å². The van der Waals surface area contributed by atoms with Crippen molar-refractivity contribution in [3.05, 3.63) is 11.8 Å². The molecule has 80 valence electrons. The number of hydrogen-bond acceptors (Lipinski definition) is 3. The van der Waals surface area contributed by atoms with Gasteiger partial charge < -0.3 is 10.8 Å². The molecule has 0 unspecified atom stereocenters. The molecule has 0 aromatic carbocycles. The molecule has 0 fully saturated rings. The van der Waals surface area contributed by atoms with Crippen LogP contribution in [0.5, 0.6) is 0 Å². The van der Waals surface area contributed by atoms with Crippen molar-refractivity contribution in [1.82, 2.24) is 9.78 Å². The van der Waals surface area contributed by atoms with E-state index in [0.29, 0.717) is 12.4 Å². The molecular formula is C10H19N3O. The summed E-state index contributed by atoms with van der Waals surface area (Å²) in [6, 6.07) is 0. The smallest absolute Gasteiger partial charge is 0.148 e. The summed E-state index contributed by atoms with van der Waals surface area (Å²) in [7, 11) is 0. The van der Waals surface area contributed by atoms with Gasteiger partial charge in [0.25, 0.3) is 0 Å². The van der Waals surface area contributed by atoms with Crippen LogP contribution in [-0.2, 0) is 6.54 Å². The maximum atomic E-state index is 8.59. The van der Waals surface area contributed by atoms with Crippen LogP contribution in [0.3, 0.4) is 0 Å². The molecule has 14 heavy (non-hydrogen) atoms. The summed E-state index contributed by atoms with van der Waals surface area (Å²) in [4.78, 5) is 0. The second kappa shape index (κ2) is 5.65. The molecule has 4 nitrogen and oxygen atoms in total. The number of unbranched alkanes of at least 4 members (excludes halogenated alkanes) is 3. The molecule has 4 heteroatoms. The number of nitrogens with zero attached hydrogens (tertiary/aromatic N) is 2. The van der Waals surface area contributed by atoms with Gasteiger partial charge in [-0.1, -0.05) is 12.8 Å².